The zero-order valence-electron chi connectivity index (χ0n) is 11.2. The number of aromatic amines is 1. The van der Waals surface area contributed by atoms with Crippen molar-refractivity contribution < 1.29 is 34.1 Å². The minimum Gasteiger partial charge on any atom is -1.00 e. The van der Waals surface area contributed by atoms with Crippen LogP contribution in [0.3, 0.4) is 0 Å². The molecule has 0 radical (unpaired) electrons. The second kappa shape index (κ2) is 9.88. The second-order valence-electron chi connectivity index (χ2n) is 3.77. The van der Waals surface area contributed by atoms with Gasteiger partial charge in [-0.15, -0.1) is 10.2 Å². The van der Waals surface area contributed by atoms with Crippen molar-refractivity contribution in [1.82, 2.24) is 4.57 Å². The molecule has 21 heavy (non-hydrogen) atoms. The Morgan fingerprint density at radius 3 is 2.81 bits per heavy atom. The van der Waals surface area contributed by atoms with Crippen molar-refractivity contribution in [2.24, 2.45) is 20.4 Å². The average Bonchev–Trinajstić information content (AvgIpc) is 2.50. The molecule has 2 aromatic rings. The van der Waals surface area contributed by atoms with Gasteiger partial charge in [0.15, 0.2) is 11.8 Å². The minimum absolute atomic E-state index is 0. The highest BCUT2D eigenvalue weighted by molar-refractivity contribution is 5.54. The SMILES string of the molecule is OCCn1cccc/c1=N\N=C\N=Nc1cccc[nH+]1.[I-]. The van der Waals surface area contributed by atoms with Crippen molar-refractivity contribution in [3.8, 4) is 0 Å². The number of pyridine rings is 2. The third kappa shape index (κ3) is 5.92. The number of aliphatic hydroxyl groups is 1. The van der Waals surface area contributed by atoms with Crippen molar-refractivity contribution in [2.75, 3.05) is 6.61 Å². The third-order valence-electron chi connectivity index (χ3n) is 2.38. The monoisotopic (exact) mass is 398 g/mol. The molecule has 2 rings (SSSR count). The second-order valence-corrected chi connectivity index (χ2v) is 3.77. The highest BCUT2D eigenvalue weighted by atomic mass is 127. The molecular weight excluding hydrogens is 383 g/mol. The number of hydrogen-bond donors (Lipinski definition) is 1. The number of rotatable bonds is 5. The molecule has 0 atom stereocenters. The summed E-state index contributed by atoms with van der Waals surface area (Å²) in [4.78, 5) is 2.92. The lowest BCUT2D eigenvalue weighted by molar-refractivity contribution is -0.363. The number of aromatic nitrogens is 2. The summed E-state index contributed by atoms with van der Waals surface area (Å²) in [5, 5.41) is 24.5. The van der Waals surface area contributed by atoms with E-state index in [-0.39, 0.29) is 30.6 Å². The van der Waals surface area contributed by atoms with E-state index >= 15 is 0 Å². The molecule has 0 aliphatic rings. The summed E-state index contributed by atoms with van der Waals surface area (Å²) in [6.07, 6.45) is 4.85. The van der Waals surface area contributed by atoms with Gasteiger partial charge in [-0.3, -0.25) is 0 Å². The summed E-state index contributed by atoms with van der Waals surface area (Å²) in [6, 6.07) is 11.0. The molecular formula is C13H15IN6O. The van der Waals surface area contributed by atoms with Crippen LogP contribution in [0.25, 0.3) is 0 Å². The van der Waals surface area contributed by atoms with E-state index in [2.05, 4.69) is 25.4 Å². The standard InChI is InChI=1S/C13H14N6O.HI/c20-10-9-19-8-4-2-6-13(19)18-16-11-15-17-12-5-1-3-7-14-12;/h1-8,11,20H,9-10H2;1H/b16-11+,17-15?,18-13+;. The van der Waals surface area contributed by atoms with Crippen molar-refractivity contribution in [3.05, 3.63) is 54.3 Å². The van der Waals surface area contributed by atoms with Gasteiger partial charge in [0.1, 0.15) is 0 Å². The summed E-state index contributed by atoms with van der Waals surface area (Å²) in [5.41, 5.74) is 0.638. The Kier molecular flexibility index (Phi) is 8.05. The summed E-state index contributed by atoms with van der Waals surface area (Å²) >= 11 is 0. The Labute approximate surface area is 138 Å². The topological polar surface area (TPSA) is 88.7 Å². The molecule has 0 spiro atoms. The molecule has 7 nitrogen and oxygen atoms in total. The van der Waals surface area contributed by atoms with Gasteiger partial charge < -0.3 is 33.7 Å². The van der Waals surface area contributed by atoms with Crippen LogP contribution in [-0.2, 0) is 6.54 Å². The number of aliphatic hydroxyl groups excluding tert-OH is 1. The predicted molar refractivity (Wildman–Crippen MR) is 73.1 cm³/mol. The Morgan fingerprint density at radius 1 is 1.19 bits per heavy atom. The summed E-state index contributed by atoms with van der Waals surface area (Å²) in [7, 11) is 0. The average molecular weight is 398 g/mol. The van der Waals surface area contributed by atoms with E-state index < -0.39 is 0 Å². The molecule has 0 aliphatic carbocycles. The molecule has 2 N–H and O–H groups in total. The van der Waals surface area contributed by atoms with Crippen LogP contribution in [0.1, 0.15) is 0 Å². The van der Waals surface area contributed by atoms with Crippen LogP contribution in [0.4, 0.5) is 5.82 Å². The number of nitrogens with one attached hydrogen (secondary N) is 1. The van der Waals surface area contributed by atoms with Gasteiger partial charge in [-0.1, -0.05) is 12.1 Å². The third-order valence-corrected chi connectivity index (χ3v) is 2.38. The van der Waals surface area contributed by atoms with E-state index in [0.29, 0.717) is 17.9 Å². The molecule has 0 saturated carbocycles. The summed E-state index contributed by atoms with van der Waals surface area (Å²) in [6.45, 7) is 0.514. The lowest BCUT2D eigenvalue weighted by Gasteiger charge is -2.02. The van der Waals surface area contributed by atoms with Gasteiger partial charge in [0.25, 0.3) is 0 Å². The molecule has 110 valence electrons. The Balaban J connectivity index is 0.00000220. The van der Waals surface area contributed by atoms with Crippen molar-refractivity contribution in [3.63, 3.8) is 0 Å². The molecule has 0 aromatic carbocycles. The van der Waals surface area contributed by atoms with Crippen LogP contribution in [-0.4, -0.2) is 22.6 Å². The van der Waals surface area contributed by atoms with Crippen LogP contribution in [0.5, 0.6) is 0 Å². The van der Waals surface area contributed by atoms with E-state index in [1.165, 1.54) is 6.34 Å². The molecule has 0 unspecified atom stereocenters. The van der Waals surface area contributed by atoms with Crippen molar-refractivity contribution in [2.45, 2.75) is 6.54 Å². The van der Waals surface area contributed by atoms with Gasteiger partial charge in [0.2, 0.25) is 0 Å². The maximum Gasteiger partial charge on any atom is 0.348 e. The first-order valence-electron chi connectivity index (χ1n) is 6.09. The van der Waals surface area contributed by atoms with Crippen molar-refractivity contribution >= 4 is 12.2 Å². The fraction of sp³-hybridized carbons (Fsp3) is 0.154. The summed E-state index contributed by atoms with van der Waals surface area (Å²) in [5.74, 6) is 0.633. The minimum atomic E-state index is 0. The van der Waals surface area contributed by atoms with Crippen LogP contribution >= 0.6 is 0 Å². The lowest BCUT2D eigenvalue weighted by atomic mass is 10.4. The maximum absolute atomic E-state index is 8.94. The van der Waals surface area contributed by atoms with Crippen molar-refractivity contribution in [1.29, 1.82) is 0 Å². The molecule has 0 aliphatic heterocycles. The number of hydrogen-bond acceptors (Lipinski definition) is 4. The largest absolute Gasteiger partial charge is 1.00 e. The van der Waals surface area contributed by atoms with Gasteiger partial charge in [-0.2, -0.15) is 0 Å². The van der Waals surface area contributed by atoms with E-state index in [9.17, 15) is 0 Å². The molecule has 0 amide bonds. The number of H-pyrrole nitrogens is 1. The highest BCUT2D eigenvalue weighted by Crippen LogP contribution is 1.99. The van der Waals surface area contributed by atoms with Gasteiger partial charge in [-0.05, 0) is 23.3 Å². The molecule has 8 heteroatoms. The molecule has 2 heterocycles. The van der Waals surface area contributed by atoms with Gasteiger partial charge in [0.05, 0.1) is 17.9 Å². The zero-order chi connectivity index (χ0) is 14.0. The maximum atomic E-state index is 8.94. The number of halogens is 1. The van der Waals surface area contributed by atoms with E-state index in [4.69, 9.17) is 5.11 Å². The van der Waals surface area contributed by atoms with Crippen LogP contribution in [0.2, 0.25) is 0 Å². The highest BCUT2D eigenvalue weighted by Gasteiger charge is 1.94. The zero-order valence-corrected chi connectivity index (χ0v) is 13.3. The lowest BCUT2D eigenvalue weighted by Crippen LogP contribution is -3.00. The van der Waals surface area contributed by atoms with E-state index in [1.807, 2.05) is 30.5 Å². The Morgan fingerprint density at radius 2 is 2.05 bits per heavy atom. The predicted octanol–water partition coefficient (Wildman–Crippen LogP) is -2.07. The first-order valence-corrected chi connectivity index (χ1v) is 6.09. The Bertz CT molecular complexity index is 653. The quantitative estimate of drug-likeness (QED) is 0.203. The van der Waals surface area contributed by atoms with Crippen LogP contribution in [0.15, 0.2) is 69.2 Å². The smallest absolute Gasteiger partial charge is 0.348 e. The fourth-order valence-electron chi connectivity index (χ4n) is 1.50. The van der Waals surface area contributed by atoms with E-state index in [0.717, 1.165) is 0 Å². The van der Waals surface area contributed by atoms with Crippen LogP contribution in [0, 0.1) is 0 Å². The van der Waals surface area contributed by atoms with Gasteiger partial charge in [0, 0.05) is 18.8 Å². The van der Waals surface area contributed by atoms with E-state index in [1.54, 1.807) is 22.9 Å². The van der Waals surface area contributed by atoms with Crippen LogP contribution < -0.4 is 34.4 Å². The first kappa shape index (κ1) is 17.1. The normalized spacial score (nSPS) is 12.0. The molecule has 0 fully saturated rings. The number of azo groups is 1. The molecule has 0 bridgehead atoms. The fourth-order valence-corrected chi connectivity index (χ4v) is 1.50. The Hall–Kier alpha value is -1.94. The molecule has 2 aromatic heterocycles. The first-order chi connectivity index (χ1) is 9.90. The van der Waals surface area contributed by atoms with Gasteiger partial charge in [-0.25, -0.2) is 4.98 Å². The molecule has 0 saturated heterocycles. The summed E-state index contributed by atoms with van der Waals surface area (Å²) < 4.78 is 1.79. The van der Waals surface area contributed by atoms with Gasteiger partial charge >= 0.3 is 5.82 Å². The number of nitrogens with zero attached hydrogens (tertiary/aromatic N) is 5.